The number of benzene rings is 4. The fraction of sp³-hybridized carbons (Fsp3) is 0.260. The van der Waals surface area contributed by atoms with Crippen molar-refractivity contribution in [1.82, 2.24) is 29.7 Å². The maximum atomic E-state index is 12.9. The average molecular weight is 895 g/mol. The number of phenols is 2. The number of aliphatic hydroxyl groups is 1. The van der Waals surface area contributed by atoms with Crippen LogP contribution >= 0.6 is 11.6 Å². The highest BCUT2D eigenvalue weighted by Crippen LogP contribution is 2.43. The highest BCUT2D eigenvalue weighted by atomic mass is 35.5. The number of piperidine rings is 1. The lowest BCUT2D eigenvalue weighted by Crippen LogP contribution is -2.43. The first-order valence-corrected chi connectivity index (χ1v) is 21.8. The molecule has 0 aliphatic carbocycles. The molecule has 2 fully saturated rings. The Hall–Kier alpha value is -6.68. The lowest BCUT2D eigenvalue weighted by molar-refractivity contribution is 0.0630. The van der Waals surface area contributed by atoms with Gasteiger partial charge in [0.2, 0.25) is 5.95 Å². The molecule has 14 nitrogen and oxygen atoms in total. The summed E-state index contributed by atoms with van der Waals surface area (Å²) in [5, 5.41) is 38.1. The van der Waals surface area contributed by atoms with Crippen LogP contribution in [0.2, 0.25) is 5.02 Å². The Morgan fingerprint density at radius 2 is 1.66 bits per heavy atom. The summed E-state index contributed by atoms with van der Waals surface area (Å²) in [4.78, 5) is 45.6. The minimum Gasteiger partial charge on any atom is -0.507 e. The predicted octanol–water partition coefficient (Wildman–Crippen LogP) is 7.89. The number of β-amino-alcohol motifs (C(OH)–C–C–N with tert-alkyl or cyclic N) is 1. The molecule has 4 aromatic carbocycles. The second-order valence-corrected chi connectivity index (χ2v) is 17.0. The Balaban J connectivity index is 0.000000184. The highest BCUT2D eigenvalue weighted by Gasteiger charge is 2.33. The van der Waals surface area contributed by atoms with Crippen molar-refractivity contribution in [2.45, 2.75) is 31.9 Å². The maximum absolute atomic E-state index is 12.9. The van der Waals surface area contributed by atoms with Crippen molar-refractivity contribution in [3.05, 3.63) is 153 Å². The van der Waals surface area contributed by atoms with Crippen molar-refractivity contribution in [1.29, 1.82) is 0 Å². The summed E-state index contributed by atoms with van der Waals surface area (Å²) >= 11 is 6.25. The fourth-order valence-corrected chi connectivity index (χ4v) is 8.41. The summed E-state index contributed by atoms with van der Waals surface area (Å²) in [5.74, 6) is -0.434. The Morgan fingerprint density at radius 1 is 0.877 bits per heavy atom. The number of fused-ring (bicyclic) bond motifs is 1. The van der Waals surface area contributed by atoms with Crippen LogP contribution in [-0.2, 0) is 6.54 Å². The van der Waals surface area contributed by atoms with Gasteiger partial charge in [0.1, 0.15) is 28.2 Å². The number of aromatic nitrogens is 3. The van der Waals surface area contributed by atoms with Gasteiger partial charge in [-0.2, -0.15) is 0 Å². The van der Waals surface area contributed by atoms with Crippen molar-refractivity contribution in [2.24, 2.45) is 0 Å². The van der Waals surface area contributed by atoms with Gasteiger partial charge in [-0.15, -0.1) is 0 Å². The number of aliphatic hydroxyl groups excluding tert-OH is 1. The number of amides is 1. The minimum absolute atomic E-state index is 0.0188. The zero-order valence-corrected chi connectivity index (χ0v) is 37.2. The van der Waals surface area contributed by atoms with E-state index in [0.29, 0.717) is 46.3 Å². The molecule has 65 heavy (non-hydrogen) atoms. The molecule has 9 rings (SSSR count). The predicted molar refractivity (Wildman–Crippen MR) is 254 cm³/mol. The van der Waals surface area contributed by atoms with E-state index in [2.05, 4.69) is 42.4 Å². The van der Waals surface area contributed by atoms with Gasteiger partial charge >= 0.3 is 0 Å². The molecule has 2 aliphatic heterocycles. The third-order valence-corrected chi connectivity index (χ3v) is 12.2. The third-order valence-electron chi connectivity index (χ3n) is 11.9. The minimum atomic E-state index is -0.744. The second-order valence-electron chi connectivity index (χ2n) is 16.6. The first-order chi connectivity index (χ1) is 31.4. The van der Waals surface area contributed by atoms with Crippen molar-refractivity contribution in [2.75, 3.05) is 64.0 Å². The molecule has 3 aromatic heterocycles. The molecule has 0 radical (unpaired) electrons. The van der Waals surface area contributed by atoms with E-state index in [1.165, 1.54) is 11.6 Å². The van der Waals surface area contributed by atoms with Crippen LogP contribution in [0.1, 0.15) is 39.4 Å². The van der Waals surface area contributed by atoms with Crippen molar-refractivity contribution < 1.29 is 24.5 Å². The van der Waals surface area contributed by atoms with E-state index in [4.69, 9.17) is 16.0 Å². The third kappa shape index (κ3) is 10.7. The number of hydrogen-bond acceptors (Lipinski definition) is 13. The van der Waals surface area contributed by atoms with Crippen LogP contribution < -0.4 is 16.1 Å². The van der Waals surface area contributed by atoms with Crippen LogP contribution in [0.4, 0.5) is 17.3 Å². The molecule has 5 heterocycles. The molecule has 0 bridgehead atoms. The Labute approximate surface area is 381 Å². The number of nitrogens with zero attached hydrogens (tertiary/aromatic N) is 6. The molecule has 7 aromatic rings. The number of nitrogens with one attached hydrogen (secondary N) is 2. The van der Waals surface area contributed by atoms with Crippen LogP contribution in [-0.4, -0.2) is 110 Å². The zero-order chi connectivity index (χ0) is 45.6. The molecule has 2 aliphatic rings. The number of phenolic OH excluding ortho intramolecular Hbond substituents is 2. The lowest BCUT2D eigenvalue weighted by Gasteiger charge is -2.34. The first kappa shape index (κ1) is 44.9. The molecule has 0 saturated carbocycles. The molecule has 0 spiro atoms. The number of carbonyl (C=O) groups is 1. The normalized spacial score (nSPS) is 17.0. The monoisotopic (exact) mass is 894 g/mol. The van der Waals surface area contributed by atoms with Gasteiger partial charge in [-0.3, -0.25) is 19.5 Å². The number of rotatable bonds is 9. The molecule has 334 valence electrons. The van der Waals surface area contributed by atoms with Gasteiger partial charge in [0.05, 0.1) is 16.8 Å². The number of halogens is 1. The summed E-state index contributed by atoms with van der Waals surface area (Å²) in [7, 11) is 4.07. The summed E-state index contributed by atoms with van der Waals surface area (Å²) < 4.78 is 6.00. The SMILES string of the molecule is CN1CC[C@H](c2c(O)cc(O)c3c(=O)cc(-c4ccccc4Cl)oc23)[C@H](O)C1.Cc1ccc(NC(=O)c2ccc(CN3CCN(C)CC3)cc2)cc1Nc1nccc(-c2cccnc2)n1. The van der Waals surface area contributed by atoms with E-state index in [0.717, 1.165) is 67.8 Å². The van der Waals surface area contributed by atoms with Crippen LogP contribution in [0.5, 0.6) is 11.5 Å². The van der Waals surface area contributed by atoms with Gasteiger partial charge in [0.15, 0.2) is 5.43 Å². The Bertz CT molecular complexity index is 2850. The second kappa shape index (κ2) is 20.0. The fourth-order valence-electron chi connectivity index (χ4n) is 8.18. The number of anilines is 3. The molecular weight excluding hydrogens is 844 g/mol. The number of likely N-dealkylation sites (tertiary alicyclic amines) is 1. The van der Waals surface area contributed by atoms with E-state index in [1.807, 2.05) is 79.5 Å². The van der Waals surface area contributed by atoms with Crippen molar-refractivity contribution >= 4 is 45.8 Å². The Kier molecular flexibility index (Phi) is 13.8. The summed E-state index contributed by atoms with van der Waals surface area (Å²) in [6, 6.07) is 28.7. The first-order valence-electron chi connectivity index (χ1n) is 21.5. The van der Waals surface area contributed by atoms with Gasteiger partial charge in [0, 0.05) is 110 Å². The van der Waals surface area contributed by atoms with Crippen molar-refractivity contribution in [3.63, 3.8) is 0 Å². The van der Waals surface area contributed by atoms with Gasteiger partial charge < -0.3 is 40.2 Å². The summed E-state index contributed by atoms with van der Waals surface area (Å²) in [5.41, 5.74) is 6.57. The van der Waals surface area contributed by atoms with E-state index in [-0.39, 0.29) is 34.1 Å². The highest BCUT2D eigenvalue weighted by molar-refractivity contribution is 6.33. The number of pyridine rings is 1. The van der Waals surface area contributed by atoms with Crippen LogP contribution in [0.3, 0.4) is 0 Å². The number of aryl methyl sites for hydroxylation is 1. The zero-order valence-electron chi connectivity index (χ0n) is 36.4. The number of carbonyl (C=O) groups excluding carboxylic acids is 1. The van der Waals surface area contributed by atoms with Crippen molar-refractivity contribution in [3.8, 4) is 34.1 Å². The molecule has 2 atom stereocenters. The molecule has 5 N–H and O–H groups in total. The van der Waals surface area contributed by atoms with E-state index < -0.39 is 17.5 Å². The quantitative estimate of drug-likeness (QED) is 0.0945. The average Bonchev–Trinajstić information content (AvgIpc) is 3.29. The standard InChI is InChI=1S/C29H31N7O.C21H20ClNO5/c1-21-5-10-25(18-27(21)34-29-31-13-11-26(33-29)24-4-3-12-30-19-24)32-28(37)23-8-6-22(7-9-23)20-36-16-14-35(2)15-17-36;1-23-7-6-12(17(27)10-23)19-14(24)8-15(25)20-16(26)9-18(28-21(19)20)11-4-2-3-5-13(11)22/h3-13,18-19H,14-17,20H2,1-2H3,(H,32,37)(H,31,33,34);2-5,8-9,12,17,24-25,27H,6-7,10H2,1H3/t;12-,17+/m.0/s1. The number of hydrogen-bond donors (Lipinski definition) is 5. The van der Waals surface area contributed by atoms with E-state index in [1.54, 1.807) is 42.9 Å². The van der Waals surface area contributed by atoms with Gasteiger partial charge in [-0.05, 0) is 99.7 Å². The summed E-state index contributed by atoms with van der Waals surface area (Å²) in [6.45, 7) is 8.39. The van der Waals surface area contributed by atoms with Crippen LogP contribution in [0, 0.1) is 6.92 Å². The molecule has 0 unspecified atom stereocenters. The van der Waals surface area contributed by atoms with Gasteiger partial charge in [-0.25, -0.2) is 9.97 Å². The van der Waals surface area contributed by atoms with Gasteiger partial charge in [-0.1, -0.05) is 41.9 Å². The van der Waals surface area contributed by atoms with Gasteiger partial charge in [0.25, 0.3) is 5.91 Å². The largest absolute Gasteiger partial charge is 0.507 e. The molecule has 15 heteroatoms. The smallest absolute Gasteiger partial charge is 0.255 e. The number of piperazine rings is 1. The van der Waals surface area contributed by atoms with E-state index in [9.17, 15) is 24.9 Å². The number of likely N-dealkylation sites (N-methyl/N-ethyl adjacent to an activating group) is 2. The Morgan fingerprint density at radius 3 is 2.40 bits per heavy atom. The topological polar surface area (TPSA) is 180 Å². The molecule has 1 amide bonds. The number of aromatic hydroxyl groups is 2. The van der Waals surface area contributed by atoms with Crippen LogP contribution in [0.15, 0.2) is 125 Å². The maximum Gasteiger partial charge on any atom is 0.255 e. The molecule has 2 saturated heterocycles. The van der Waals surface area contributed by atoms with E-state index >= 15 is 0 Å². The lowest BCUT2D eigenvalue weighted by atomic mass is 9.85. The molecular formula is C50H51ClN8O6. The van der Waals surface area contributed by atoms with Crippen LogP contribution in [0.25, 0.3) is 33.6 Å². The summed E-state index contributed by atoms with van der Waals surface area (Å²) in [6.07, 6.45) is 5.05.